The molecule has 0 aromatic rings. The van der Waals surface area contributed by atoms with Gasteiger partial charge in [-0.25, -0.2) is 5.90 Å². The zero-order valence-electron chi connectivity index (χ0n) is 8.00. The summed E-state index contributed by atoms with van der Waals surface area (Å²) < 4.78 is 0. The van der Waals surface area contributed by atoms with Crippen molar-refractivity contribution < 1.29 is 4.84 Å². The zero-order chi connectivity index (χ0) is 8.85. The number of likely N-dealkylation sites (N-methyl/N-ethyl adjacent to an activating group) is 1. The second kappa shape index (κ2) is 5.52. The van der Waals surface area contributed by atoms with Gasteiger partial charge in [0.1, 0.15) is 0 Å². The Hall–Kier alpha value is -0.120. The smallest absolute Gasteiger partial charge is 0.0885 e. The lowest BCUT2D eigenvalue weighted by Crippen LogP contribution is -2.38. The molecule has 0 radical (unpaired) electrons. The standard InChI is InChI=1S/C8H20N2O/c1-5-10(7(2)3)6-8(4)11-9/h7-8H,5-6,9H2,1-4H3. The molecule has 0 aliphatic rings. The fourth-order valence-electron chi connectivity index (χ4n) is 1.08. The van der Waals surface area contributed by atoms with E-state index in [0.29, 0.717) is 6.04 Å². The van der Waals surface area contributed by atoms with E-state index in [9.17, 15) is 0 Å². The fourth-order valence-corrected chi connectivity index (χ4v) is 1.08. The molecule has 0 saturated carbocycles. The van der Waals surface area contributed by atoms with Crippen LogP contribution in [0.4, 0.5) is 0 Å². The van der Waals surface area contributed by atoms with E-state index < -0.39 is 0 Å². The maximum absolute atomic E-state index is 5.05. The minimum absolute atomic E-state index is 0.123. The Balaban J connectivity index is 3.68. The first-order valence-corrected chi connectivity index (χ1v) is 4.21. The highest BCUT2D eigenvalue weighted by Crippen LogP contribution is 1.99. The van der Waals surface area contributed by atoms with Crippen molar-refractivity contribution >= 4 is 0 Å². The second-order valence-electron chi connectivity index (χ2n) is 3.13. The lowest BCUT2D eigenvalue weighted by Gasteiger charge is -2.26. The molecule has 11 heavy (non-hydrogen) atoms. The van der Waals surface area contributed by atoms with Crippen LogP contribution in [-0.4, -0.2) is 30.1 Å². The summed E-state index contributed by atoms with van der Waals surface area (Å²) in [5.41, 5.74) is 0. The van der Waals surface area contributed by atoms with Crippen LogP contribution in [0.15, 0.2) is 0 Å². The molecule has 0 aliphatic carbocycles. The zero-order valence-corrected chi connectivity index (χ0v) is 8.00. The highest BCUT2D eigenvalue weighted by Gasteiger charge is 2.10. The highest BCUT2D eigenvalue weighted by atomic mass is 16.6. The quantitative estimate of drug-likeness (QED) is 0.610. The predicted molar refractivity (Wildman–Crippen MR) is 47.1 cm³/mol. The second-order valence-corrected chi connectivity index (χ2v) is 3.13. The van der Waals surface area contributed by atoms with E-state index in [4.69, 9.17) is 10.7 Å². The molecule has 0 fully saturated rings. The van der Waals surface area contributed by atoms with E-state index in [1.165, 1.54) is 0 Å². The van der Waals surface area contributed by atoms with Gasteiger partial charge >= 0.3 is 0 Å². The summed E-state index contributed by atoms with van der Waals surface area (Å²) in [6.07, 6.45) is 0.123. The Kier molecular flexibility index (Phi) is 5.46. The van der Waals surface area contributed by atoms with Gasteiger partial charge in [0.25, 0.3) is 0 Å². The van der Waals surface area contributed by atoms with Crippen molar-refractivity contribution in [3.63, 3.8) is 0 Å². The summed E-state index contributed by atoms with van der Waals surface area (Å²) in [5.74, 6) is 5.05. The van der Waals surface area contributed by atoms with Crippen molar-refractivity contribution in [2.75, 3.05) is 13.1 Å². The van der Waals surface area contributed by atoms with E-state index in [-0.39, 0.29) is 6.10 Å². The molecule has 0 saturated heterocycles. The molecular formula is C8H20N2O. The van der Waals surface area contributed by atoms with Gasteiger partial charge in [0.15, 0.2) is 0 Å². The number of hydrogen-bond donors (Lipinski definition) is 1. The molecule has 1 atom stereocenters. The number of nitrogens with zero attached hydrogens (tertiary/aromatic N) is 1. The molecule has 0 aromatic heterocycles. The van der Waals surface area contributed by atoms with Crippen molar-refractivity contribution in [1.82, 2.24) is 4.90 Å². The van der Waals surface area contributed by atoms with Crippen molar-refractivity contribution in [2.24, 2.45) is 5.90 Å². The largest absolute Gasteiger partial charge is 0.300 e. The molecule has 0 heterocycles. The van der Waals surface area contributed by atoms with E-state index >= 15 is 0 Å². The first-order valence-electron chi connectivity index (χ1n) is 4.21. The van der Waals surface area contributed by atoms with Gasteiger partial charge < -0.3 is 4.84 Å². The Morgan fingerprint density at radius 3 is 2.18 bits per heavy atom. The van der Waals surface area contributed by atoms with Crippen molar-refractivity contribution in [1.29, 1.82) is 0 Å². The van der Waals surface area contributed by atoms with Crippen LogP contribution in [0.2, 0.25) is 0 Å². The van der Waals surface area contributed by atoms with E-state index in [1.807, 2.05) is 6.92 Å². The van der Waals surface area contributed by atoms with E-state index in [1.54, 1.807) is 0 Å². The Morgan fingerprint density at radius 1 is 1.36 bits per heavy atom. The molecule has 0 rings (SSSR count). The molecule has 0 aliphatic heterocycles. The van der Waals surface area contributed by atoms with Gasteiger partial charge in [0.2, 0.25) is 0 Å². The average Bonchev–Trinajstić information content (AvgIpc) is 1.99. The third kappa shape index (κ3) is 4.35. The maximum atomic E-state index is 5.05. The summed E-state index contributed by atoms with van der Waals surface area (Å²) in [4.78, 5) is 7.01. The van der Waals surface area contributed by atoms with Crippen molar-refractivity contribution in [3.8, 4) is 0 Å². The van der Waals surface area contributed by atoms with Crippen LogP contribution in [0.1, 0.15) is 27.7 Å². The summed E-state index contributed by atoms with van der Waals surface area (Å²) in [6, 6.07) is 0.567. The van der Waals surface area contributed by atoms with Crippen LogP contribution in [-0.2, 0) is 4.84 Å². The van der Waals surface area contributed by atoms with Gasteiger partial charge in [-0.3, -0.25) is 4.90 Å². The van der Waals surface area contributed by atoms with Crippen LogP contribution in [0, 0.1) is 0 Å². The van der Waals surface area contributed by atoms with E-state index in [2.05, 4.69) is 25.7 Å². The minimum Gasteiger partial charge on any atom is -0.300 e. The van der Waals surface area contributed by atoms with E-state index in [0.717, 1.165) is 13.1 Å². The third-order valence-electron chi connectivity index (χ3n) is 1.86. The first-order chi connectivity index (χ1) is 5.11. The van der Waals surface area contributed by atoms with Gasteiger partial charge in [-0.15, -0.1) is 0 Å². The van der Waals surface area contributed by atoms with Crippen LogP contribution < -0.4 is 5.90 Å². The first kappa shape index (κ1) is 10.9. The van der Waals surface area contributed by atoms with Gasteiger partial charge in [-0.2, -0.15) is 0 Å². The lowest BCUT2D eigenvalue weighted by molar-refractivity contribution is 0.0312. The predicted octanol–water partition coefficient (Wildman–Crippen LogP) is 0.995. The number of hydrogen-bond acceptors (Lipinski definition) is 3. The molecular weight excluding hydrogens is 140 g/mol. The Labute approximate surface area is 69.5 Å². The van der Waals surface area contributed by atoms with Gasteiger partial charge in [-0.1, -0.05) is 6.92 Å². The number of nitrogens with two attached hydrogens (primary N) is 1. The average molecular weight is 160 g/mol. The van der Waals surface area contributed by atoms with Crippen LogP contribution in [0.5, 0.6) is 0 Å². The van der Waals surface area contributed by atoms with Gasteiger partial charge in [-0.05, 0) is 27.3 Å². The Morgan fingerprint density at radius 2 is 1.91 bits per heavy atom. The molecule has 1 unspecified atom stereocenters. The van der Waals surface area contributed by atoms with Crippen molar-refractivity contribution in [2.45, 2.75) is 39.8 Å². The van der Waals surface area contributed by atoms with Crippen LogP contribution in [0.3, 0.4) is 0 Å². The SMILES string of the molecule is CCN(CC(C)ON)C(C)C. The molecule has 0 amide bonds. The summed E-state index contributed by atoms with van der Waals surface area (Å²) in [7, 11) is 0. The number of rotatable bonds is 5. The lowest BCUT2D eigenvalue weighted by atomic mass is 10.3. The van der Waals surface area contributed by atoms with Gasteiger partial charge in [0.05, 0.1) is 6.10 Å². The fraction of sp³-hybridized carbons (Fsp3) is 1.00. The molecule has 68 valence electrons. The van der Waals surface area contributed by atoms with Crippen molar-refractivity contribution in [3.05, 3.63) is 0 Å². The molecule has 3 nitrogen and oxygen atoms in total. The third-order valence-corrected chi connectivity index (χ3v) is 1.86. The van der Waals surface area contributed by atoms with Crippen LogP contribution >= 0.6 is 0 Å². The summed E-state index contributed by atoms with van der Waals surface area (Å²) in [6.45, 7) is 10.4. The monoisotopic (exact) mass is 160 g/mol. The molecule has 2 N–H and O–H groups in total. The highest BCUT2D eigenvalue weighted by molar-refractivity contribution is 4.63. The summed E-state index contributed by atoms with van der Waals surface area (Å²) in [5, 5.41) is 0. The minimum atomic E-state index is 0.123. The van der Waals surface area contributed by atoms with Crippen LogP contribution in [0.25, 0.3) is 0 Å². The summed E-state index contributed by atoms with van der Waals surface area (Å²) >= 11 is 0. The molecule has 0 aromatic carbocycles. The maximum Gasteiger partial charge on any atom is 0.0885 e. The Bertz CT molecular complexity index is 96.1. The molecule has 0 bridgehead atoms. The normalized spacial score (nSPS) is 14.5. The topological polar surface area (TPSA) is 38.5 Å². The molecule has 0 spiro atoms. The van der Waals surface area contributed by atoms with Gasteiger partial charge in [0, 0.05) is 12.6 Å². The molecule has 3 heteroatoms.